The van der Waals surface area contributed by atoms with Crippen LogP contribution in [0.3, 0.4) is 0 Å². The van der Waals surface area contributed by atoms with Crippen LogP contribution < -0.4 is 16.0 Å². The highest BCUT2D eigenvalue weighted by Crippen LogP contribution is 2.26. The van der Waals surface area contributed by atoms with Crippen LogP contribution in [0.15, 0.2) is 29.3 Å². The van der Waals surface area contributed by atoms with Gasteiger partial charge in [0.15, 0.2) is 5.96 Å². The summed E-state index contributed by atoms with van der Waals surface area (Å²) in [6.45, 7) is 7.21. The fourth-order valence-corrected chi connectivity index (χ4v) is 3.26. The molecular weight excluding hydrogens is 352 g/mol. The number of hydrogen-bond donors (Lipinski definition) is 3. The Hall–Kier alpha value is -2.08. The topological polar surface area (TPSA) is 74.8 Å². The molecular formula is C22H36N4O2. The van der Waals surface area contributed by atoms with E-state index < -0.39 is 0 Å². The third-order valence-corrected chi connectivity index (χ3v) is 4.98. The minimum absolute atomic E-state index is 0.151. The molecule has 0 heterocycles. The van der Waals surface area contributed by atoms with E-state index >= 15 is 0 Å². The first-order chi connectivity index (χ1) is 13.6. The summed E-state index contributed by atoms with van der Waals surface area (Å²) in [6.07, 6.45) is 5.43. The fourth-order valence-electron chi connectivity index (χ4n) is 3.26. The predicted molar refractivity (Wildman–Crippen MR) is 116 cm³/mol. The number of aliphatic imine (C=N–C) groups is 1. The Morgan fingerprint density at radius 2 is 2.00 bits per heavy atom. The molecule has 2 rings (SSSR count). The van der Waals surface area contributed by atoms with Crippen LogP contribution in [0.1, 0.15) is 51.5 Å². The van der Waals surface area contributed by atoms with Gasteiger partial charge in [-0.05, 0) is 42.9 Å². The number of guanidine groups is 1. The van der Waals surface area contributed by atoms with E-state index in [2.05, 4.69) is 34.8 Å². The van der Waals surface area contributed by atoms with Crippen LogP contribution in [-0.2, 0) is 16.1 Å². The number of amides is 1. The van der Waals surface area contributed by atoms with Crippen molar-refractivity contribution >= 4 is 17.6 Å². The Bertz CT molecular complexity index is 625. The highest BCUT2D eigenvalue weighted by Gasteiger charge is 2.22. The fraction of sp³-hybridized carbons (Fsp3) is 0.636. The molecule has 1 aromatic carbocycles. The SMILES string of the molecule is CN=C(NCCOCCC(C)C)NCc1cccc(NC(=O)C2CCCC2)c1. The molecule has 6 heteroatoms. The number of carbonyl (C=O) groups is 1. The van der Waals surface area contributed by atoms with Gasteiger partial charge in [-0.1, -0.05) is 38.8 Å². The minimum atomic E-state index is 0.151. The monoisotopic (exact) mass is 388 g/mol. The molecule has 0 spiro atoms. The lowest BCUT2D eigenvalue weighted by Gasteiger charge is -2.14. The lowest BCUT2D eigenvalue weighted by molar-refractivity contribution is -0.119. The summed E-state index contributed by atoms with van der Waals surface area (Å²) in [7, 11) is 1.76. The van der Waals surface area contributed by atoms with Crippen LogP contribution in [-0.4, -0.2) is 38.7 Å². The van der Waals surface area contributed by atoms with Crippen LogP contribution in [0, 0.1) is 11.8 Å². The van der Waals surface area contributed by atoms with Gasteiger partial charge in [0.1, 0.15) is 0 Å². The molecule has 6 nitrogen and oxygen atoms in total. The second-order valence-electron chi connectivity index (χ2n) is 7.82. The maximum atomic E-state index is 12.3. The molecule has 0 saturated heterocycles. The number of anilines is 1. The van der Waals surface area contributed by atoms with Crippen molar-refractivity contribution in [3.8, 4) is 0 Å². The Morgan fingerprint density at radius 3 is 2.71 bits per heavy atom. The summed E-state index contributed by atoms with van der Waals surface area (Å²) in [5, 5.41) is 9.62. The average molecular weight is 389 g/mol. The van der Waals surface area contributed by atoms with E-state index in [4.69, 9.17) is 4.74 Å². The van der Waals surface area contributed by atoms with Gasteiger partial charge in [0.2, 0.25) is 5.91 Å². The molecule has 1 aromatic rings. The molecule has 0 atom stereocenters. The summed E-state index contributed by atoms with van der Waals surface area (Å²) < 4.78 is 5.61. The van der Waals surface area contributed by atoms with Crippen molar-refractivity contribution in [2.75, 3.05) is 32.1 Å². The Kier molecular flexibility index (Phi) is 9.83. The third-order valence-electron chi connectivity index (χ3n) is 4.98. The van der Waals surface area contributed by atoms with Gasteiger partial charge in [-0.25, -0.2) is 0 Å². The van der Waals surface area contributed by atoms with Crippen molar-refractivity contribution in [2.24, 2.45) is 16.8 Å². The highest BCUT2D eigenvalue weighted by atomic mass is 16.5. The molecule has 0 aromatic heterocycles. The van der Waals surface area contributed by atoms with Crippen LogP contribution in [0.25, 0.3) is 0 Å². The van der Waals surface area contributed by atoms with E-state index in [1.807, 2.05) is 24.3 Å². The van der Waals surface area contributed by atoms with Gasteiger partial charge in [0.25, 0.3) is 0 Å². The lowest BCUT2D eigenvalue weighted by Crippen LogP contribution is -2.38. The summed E-state index contributed by atoms with van der Waals surface area (Å²) in [4.78, 5) is 16.5. The molecule has 0 aliphatic heterocycles. The van der Waals surface area contributed by atoms with Crippen molar-refractivity contribution in [3.05, 3.63) is 29.8 Å². The highest BCUT2D eigenvalue weighted by molar-refractivity contribution is 5.92. The molecule has 0 bridgehead atoms. The molecule has 156 valence electrons. The van der Waals surface area contributed by atoms with Crippen LogP contribution >= 0.6 is 0 Å². The molecule has 1 aliphatic carbocycles. The smallest absolute Gasteiger partial charge is 0.227 e. The third kappa shape index (κ3) is 8.30. The van der Waals surface area contributed by atoms with Gasteiger partial charge in [-0.15, -0.1) is 0 Å². The van der Waals surface area contributed by atoms with E-state index in [1.54, 1.807) is 7.05 Å². The Morgan fingerprint density at radius 1 is 1.21 bits per heavy atom. The summed E-state index contributed by atoms with van der Waals surface area (Å²) in [5.41, 5.74) is 1.96. The van der Waals surface area contributed by atoms with Gasteiger partial charge in [0.05, 0.1) is 6.61 Å². The maximum Gasteiger partial charge on any atom is 0.227 e. The molecule has 1 aliphatic rings. The van der Waals surface area contributed by atoms with Crippen molar-refractivity contribution in [2.45, 2.75) is 52.5 Å². The molecule has 3 N–H and O–H groups in total. The first-order valence-corrected chi connectivity index (χ1v) is 10.5. The minimum Gasteiger partial charge on any atom is -0.380 e. The zero-order valence-electron chi connectivity index (χ0n) is 17.6. The summed E-state index contributed by atoms with van der Waals surface area (Å²) in [5.74, 6) is 1.74. The maximum absolute atomic E-state index is 12.3. The largest absolute Gasteiger partial charge is 0.380 e. The predicted octanol–water partition coefficient (Wildman–Crippen LogP) is 3.54. The zero-order valence-corrected chi connectivity index (χ0v) is 17.6. The molecule has 0 radical (unpaired) electrons. The molecule has 1 amide bonds. The number of nitrogens with one attached hydrogen (secondary N) is 3. The van der Waals surface area contributed by atoms with Gasteiger partial charge in [-0.3, -0.25) is 9.79 Å². The summed E-state index contributed by atoms with van der Waals surface area (Å²) >= 11 is 0. The van der Waals surface area contributed by atoms with E-state index in [-0.39, 0.29) is 11.8 Å². The Labute approximate surface area is 169 Å². The quantitative estimate of drug-likeness (QED) is 0.326. The van der Waals surface area contributed by atoms with Crippen molar-refractivity contribution in [1.29, 1.82) is 0 Å². The molecule has 1 fully saturated rings. The first kappa shape index (κ1) is 22.2. The van der Waals surface area contributed by atoms with Gasteiger partial charge < -0.3 is 20.7 Å². The Balaban J connectivity index is 1.71. The second kappa shape index (κ2) is 12.4. The number of ether oxygens (including phenoxy) is 1. The lowest BCUT2D eigenvalue weighted by atomic mass is 10.1. The van der Waals surface area contributed by atoms with Crippen LogP contribution in [0.2, 0.25) is 0 Å². The van der Waals surface area contributed by atoms with E-state index in [0.717, 1.165) is 62.5 Å². The van der Waals surface area contributed by atoms with Crippen molar-refractivity contribution in [1.82, 2.24) is 10.6 Å². The van der Waals surface area contributed by atoms with Gasteiger partial charge >= 0.3 is 0 Å². The van der Waals surface area contributed by atoms with E-state index in [0.29, 0.717) is 19.1 Å². The number of nitrogens with zero attached hydrogens (tertiary/aromatic N) is 1. The number of rotatable bonds is 10. The van der Waals surface area contributed by atoms with Crippen LogP contribution in [0.4, 0.5) is 5.69 Å². The normalized spacial score (nSPS) is 15.1. The van der Waals surface area contributed by atoms with E-state index in [1.165, 1.54) is 0 Å². The van der Waals surface area contributed by atoms with E-state index in [9.17, 15) is 4.79 Å². The van der Waals surface area contributed by atoms with Gasteiger partial charge in [-0.2, -0.15) is 0 Å². The van der Waals surface area contributed by atoms with Crippen molar-refractivity contribution in [3.63, 3.8) is 0 Å². The van der Waals surface area contributed by atoms with Crippen LogP contribution in [0.5, 0.6) is 0 Å². The number of hydrogen-bond acceptors (Lipinski definition) is 3. The van der Waals surface area contributed by atoms with Crippen molar-refractivity contribution < 1.29 is 9.53 Å². The standard InChI is InChI=1S/C22H36N4O2/c1-17(2)11-13-28-14-12-24-22(23-3)25-16-18-7-6-10-20(15-18)26-21(27)19-8-4-5-9-19/h6-7,10,15,17,19H,4-5,8-9,11-14,16H2,1-3H3,(H,26,27)(H2,23,24,25). The summed E-state index contributed by atoms with van der Waals surface area (Å²) in [6, 6.07) is 7.97. The first-order valence-electron chi connectivity index (χ1n) is 10.5. The zero-order chi connectivity index (χ0) is 20.2. The molecule has 1 saturated carbocycles. The second-order valence-corrected chi connectivity index (χ2v) is 7.82. The molecule has 28 heavy (non-hydrogen) atoms. The molecule has 0 unspecified atom stereocenters. The number of benzene rings is 1. The average Bonchev–Trinajstić information content (AvgIpc) is 3.22. The number of carbonyl (C=O) groups excluding carboxylic acids is 1. The van der Waals surface area contributed by atoms with Gasteiger partial charge in [0, 0.05) is 38.3 Å².